The second-order valence-electron chi connectivity index (χ2n) is 6.00. The number of hydrogen-bond donors (Lipinski definition) is 2. The monoisotopic (exact) mass is 382 g/mol. The quantitative estimate of drug-likeness (QED) is 0.621. The highest BCUT2D eigenvalue weighted by atomic mass is 32.2. The number of benzene rings is 3. The number of anilines is 1. The minimum atomic E-state index is -3.58. The second-order valence-corrected chi connectivity index (χ2v) is 7.77. The van der Waals surface area contributed by atoms with Gasteiger partial charge < -0.3 is 10.1 Å². The number of rotatable bonds is 8. The molecule has 27 heavy (non-hydrogen) atoms. The fourth-order valence-corrected chi connectivity index (χ4v) is 3.80. The summed E-state index contributed by atoms with van der Waals surface area (Å²) in [5.41, 5.74) is 1.83. The number of sulfonamides is 1. The first-order valence-corrected chi connectivity index (χ1v) is 10.1. The van der Waals surface area contributed by atoms with Crippen molar-refractivity contribution in [2.24, 2.45) is 0 Å². The Morgan fingerprint density at radius 1 is 0.889 bits per heavy atom. The van der Waals surface area contributed by atoms with Gasteiger partial charge in [0.05, 0.1) is 18.0 Å². The summed E-state index contributed by atoms with van der Waals surface area (Å²) in [6.07, 6.45) is 0. The van der Waals surface area contributed by atoms with Gasteiger partial charge in [0.15, 0.2) is 0 Å². The molecule has 0 aliphatic carbocycles. The van der Waals surface area contributed by atoms with Gasteiger partial charge in [-0.05, 0) is 29.8 Å². The largest absolute Gasteiger partial charge is 0.497 e. The van der Waals surface area contributed by atoms with Gasteiger partial charge in [-0.15, -0.1) is 0 Å². The van der Waals surface area contributed by atoms with Crippen LogP contribution in [-0.4, -0.2) is 22.1 Å². The highest BCUT2D eigenvalue weighted by Gasteiger charge is 2.18. The van der Waals surface area contributed by atoms with Crippen molar-refractivity contribution in [3.63, 3.8) is 0 Å². The summed E-state index contributed by atoms with van der Waals surface area (Å²) in [5, 5.41) is 3.39. The molecule has 0 unspecified atom stereocenters. The number of methoxy groups -OCH3 is 1. The first kappa shape index (κ1) is 18.9. The molecule has 3 aromatic rings. The maximum Gasteiger partial charge on any atom is 0.240 e. The molecule has 6 heteroatoms. The van der Waals surface area contributed by atoms with Crippen LogP contribution in [0.5, 0.6) is 5.75 Å². The van der Waals surface area contributed by atoms with Gasteiger partial charge in [-0.3, -0.25) is 0 Å². The van der Waals surface area contributed by atoms with Crippen LogP contribution in [0.4, 0.5) is 5.69 Å². The fraction of sp³-hybridized carbons (Fsp3) is 0.143. The fourth-order valence-electron chi connectivity index (χ4n) is 2.73. The van der Waals surface area contributed by atoms with E-state index < -0.39 is 10.0 Å². The molecule has 3 aromatic carbocycles. The van der Waals surface area contributed by atoms with Crippen molar-refractivity contribution in [3.05, 3.63) is 90.5 Å². The molecule has 0 saturated carbocycles. The molecule has 0 radical (unpaired) electrons. The first-order chi connectivity index (χ1) is 13.1. The van der Waals surface area contributed by atoms with Crippen LogP contribution in [-0.2, 0) is 10.0 Å². The van der Waals surface area contributed by atoms with Crippen LogP contribution in [0.15, 0.2) is 89.8 Å². The number of ether oxygens (including phenoxy) is 1. The molecule has 1 atom stereocenters. The first-order valence-electron chi connectivity index (χ1n) is 8.59. The summed E-state index contributed by atoms with van der Waals surface area (Å²) in [4.78, 5) is 0.248. The van der Waals surface area contributed by atoms with Gasteiger partial charge in [0.2, 0.25) is 10.0 Å². The predicted molar refractivity (Wildman–Crippen MR) is 107 cm³/mol. The normalized spacial score (nSPS) is 12.3. The summed E-state index contributed by atoms with van der Waals surface area (Å²) in [6, 6.07) is 25.4. The van der Waals surface area contributed by atoms with E-state index in [0.29, 0.717) is 0 Å². The predicted octanol–water partition coefficient (Wildman–Crippen LogP) is 3.83. The van der Waals surface area contributed by atoms with E-state index in [1.54, 1.807) is 37.4 Å². The molecule has 0 heterocycles. The Bertz CT molecular complexity index is 961. The molecule has 0 aromatic heterocycles. The minimum Gasteiger partial charge on any atom is -0.497 e. The van der Waals surface area contributed by atoms with Crippen molar-refractivity contribution in [2.45, 2.75) is 10.9 Å². The van der Waals surface area contributed by atoms with E-state index >= 15 is 0 Å². The van der Waals surface area contributed by atoms with Gasteiger partial charge in [0.1, 0.15) is 5.75 Å². The van der Waals surface area contributed by atoms with E-state index in [1.165, 1.54) is 0 Å². The van der Waals surface area contributed by atoms with Crippen LogP contribution in [0.3, 0.4) is 0 Å². The SMILES string of the molecule is COc1cccc(N[C@@H](CNS(=O)(=O)c2ccccc2)c2ccccc2)c1. The summed E-state index contributed by atoms with van der Waals surface area (Å²) in [5.74, 6) is 0.733. The zero-order chi connectivity index (χ0) is 19.1. The number of hydrogen-bond acceptors (Lipinski definition) is 4. The molecule has 0 spiro atoms. The van der Waals surface area contributed by atoms with Crippen molar-refractivity contribution in [2.75, 3.05) is 19.0 Å². The van der Waals surface area contributed by atoms with Crippen molar-refractivity contribution >= 4 is 15.7 Å². The van der Waals surface area contributed by atoms with E-state index in [-0.39, 0.29) is 17.5 Å². The molecule has 0 saturated heterocycles. The van der Waals surface area contributed by atoms with Crippen LogP contribution in [0.1, 0.15) is 11.6 Å². The van der Waals surface area contributed by atoms with Crippen LogP contribution < -0.4 is 14.8 Å². The van der Waals surface area contributed by atoms with Crippen molar-refractivity contribution in [1.82, 2.24) is 4.72 Å². The van der Waals surface area contributed by atoms with Crippen molar-refractivity contribution < 1.29 is 13.2 Å². The van der Waals surface area contributed by atoms with Gasteiger partial charge >= 0.3 is 0 Å². The smallest absolute Gasteiger partial charge is 0.240 e. The molecule has 0 bridgehead atoms. The highest BCUT2D eigenvalue weighted by Crippen LogP contribution is 2.23. The molecular weight excluding hydrogens is 360 g/mol. The molecular formula is C21H22N2O3S. The van der Waals surface area contributed by atoms with Gasteiger partial charge in [0.25, 0.3) is 0 Å². The molecule has 140 valence electrons. The molecule has 3 rings (SSSR count). The molecule has 0 fully saturated rings. The van der Waals surface area contributed by atoms with E-state index in [0.717, 1.165) is 17.0 Å². The van der Waals surface area contributed by atoms with E-state index in [1.807, 2.05) is 54.6 Å². The zero-order valence-corrected chi connectivity index (χ0v) is 15.8. The minimum absolute atomic E-state index is 0.207. The highest BCUT2D eigenvalue weighted by molar-refractivity contribution is 7.89. The Morgan fingerprint density at radius 2 is 1.56 bits per heavy atom. The Hall–Kier alpha value is -2.83. The average molecular weight is 382 g/mol. The van der Waals surface area contributed by atoms with Gasteiger partial charge in [-0.2, -0.15) is 0 Å². The molecule has 0 amide bonds. The molecule has 2 N–H and O–H groups in total. The topological polar surface area (TPSA) is 67.4 Å². The van der Waals surface area contributed by atoms with Crippen LogP contribution in [0.25, 0.3) is 0 Å². The lowest BCUT2D eigenvalue weighted by atomic mass is 10.1. The van der Waals surface area contributed by atoms with Gasteiger partial charge in [0, 0.05) is 18.3 Å². The average Bonchev–Trinajstić information content (AvgIpc) is 2.72. The maximum absolute atomic E-state index is 12.6. The lowest BCUT2D eigenvalue weighted by Crippen LogP contribution is -2.31. The molecule has 5 nitrogen and oxygen atoms in total. The summed E-state index contributed by atoms with van der Waals surface area (Å²) in [7, 11) is -1.97. The third kappa shape index (κ3) is 5.09. The van der Waals surface area contributed by atoms with Crippen molar-refractivity contribution in [3.8, 4) is 5.75 Å². The van der Waals surface area contributed by atoms with Crippen LogP contribution in [0, 0.1) is 0 Å². The zero-order valence-electron chi connectivity index (χ0n) is 15.0. The third-order valence-corrected chi connectivity index (χ3v) is 5.58. The van der Waals surface area contributed by atoms with E-state index in [4.69, 9.17) is 4.74 Å². The van der Waals surface area contributed by atoms with E-state index in [9.17, 15) is 8.42 Å². The maximum atomic E-state index is 12.6. The number of nitrogens with one attached hydrogen (secondary N) is 2. The van der Waals surface area contributed by atoms with Crippen LogP contribution in [0.2, 0.25) is 0 Å². The summed E-state index contributed by atoms with van der Waals surface area (Å²) in [6.45, 7) is 0.207. The summed E-state index contributed by atoms with van der Waals surface area (Å²) >= 11 is 0. The van der Waals surface area contributed by atoms with Crippen molar-refractivity contribution in [1.29, 1.82) is 0 Å². The van der Waals surface area contributed by atoms with Crippen LogP contribution >= 0.6 is 0 Å². The Kier molecular flexibility index (Phi) is 6.11. The third-order valence-electron chi connectivity index (χ3n) is 4.14. The molecule has 0 aliphatic rings. The summed E-state index contributed by atoms with van der Waals surface area (Å²) < 4.78 is 33.1. The standard InChI is InChI=1S/C21H22N2O3S/c1-26-19-12-8-11-18(15-19)23-21(17-9-4-2-5-10-17)16-22-27(24,25)20-13-6-3-7-14-20/h2-15,21-23H,16H2,1H3/t21-/m0/s1. The lowest BCUT2D eigenvalue weighted by molar-refractivity contribution is 0.415. The molecule has 0 aliphatic heterocycles. The Morgan fingerprint density at radius 3 is 2.22 bits per heavy atom. The second kappa shape index (κ2) is 8.70. The van der Waals surface area contributed by atoms with Gasteiger partial charge in [-0.1, -0.05) is 54.6 Å². The van der Waals surface area contributed by atoms with E-state index in [2.05, 4.69) is 10.0 Å². The lowest BCUT2D eigenvalue weighted by Gasteiger charge is -2.21. The van der Waals surface area contributed by atoms with Gasteiger partial charge in [-0.25, -0.2) is 13.1 Å². The Labute approximate surface area is 160 Å². The Balaban J connectivity index is 1.80.